The van der Waals surface area contributed by atoms with Crippen molar-refractivity contribution in [2.24, 2.45) is 4.99 Å². The normalized spacial score (nSPS) is 17.9. The summed E-state index contributed by atoms with van der Waals surface area (Å²) < 4.78 is 24.9. The van der Waals surface area contributed by atoms with Gasteiger partial charge in [0, 0.05) is 32.4 Å². The number of carbonyl (C=O) groups excluding carboxylic acids is 1. The second kappa shape index (κ2) is 8.75. The Balaban J connectivity index is 2.04. The maximum Gasteiger partial charge on any atom is 0.246 e. The minimum atomic E-state index is -3.17. The molecule has 0 aliphatic carbocycles. The maximum atomic E-state index is 13.0. The number of hydrogen-bond donors (Lipinski definition) is 1. The van der Waals surface area contributed by atoms with Crippen LogP contribution in [0.5, 0.6) is 0 Å². The molecule has 0 bridgehead atoms. The minimum absolute atomic E-state index is 0.124. The lowest BCUT2D eigenvalue weighted by Crippen LogP contribution is -2.57. The van der Waals surface area contributed by atoms with Gasteiger partial charge in [-0.25, -0.2) is 12.7 Å². The van der Waals surface area contributed by atoms with E-state index in [0.717, 1.165) is 5.01 Å². The Bertz CT molecular complexity index is 855. The Morgan fingerprint density at radius 1 is 1.28 bits per heavy atom. The molecule has 0 radical (unpaired) electrons. The third kappa shape index (κ3) is 5.59. The number of likely N-dealkylation sites (N-methyl/N-ethyl adjacent to an activating group) is 1. The molecule has 1 N–H and O–H groups in total. The van der Waals surface area contributed by atoms with Crippen LogP contribution in [0.25, 0.3) is 0 Å². The molecule has 1 amide bonds. The number of rotatable bonds is 7. The predicted octanol–water partition coefficient (Wildman–Crippen LogP) is 1.59. The van der Waals surface area contributed by atoms with Crippen LogP contribution in [0.3, 0.4) is 0 Å². The van der Waals surface area contributed by atoms with Crippen molar-refractivity contribution in [2.45, 2.75) is 57.5 Å². The highest BCUT2D eigenvalue weighted by Crippen LogP contribution is 2.29. The average Bonchev–Trinajstić information content (AvgIpc) is 3.10. The van der Waals surface area contributed by atoms with Crippen LogP contribution < -0.4 is 5.32 Å². The van der Waals surface area contributed by atoms with E-state index in [-0.39, 0.29) is 17.4 Å². The number of nitrogens with one attached hydrogen (secondary N) is 1. The van der Waals surface area contributed by atoms with Gasteiger partial charge in [0.05, 0.1) is 17.2 Å². The molecule has 1 fully saturated rings. The third-order valence-corrected chi connectivity index (χ3v) is 8.01. The smallest absolute Gasteiger partial charge is 0.246 e. The number of aromatic nitrogens is 2. The van der Waals surface area contributed by atoms with Crippen LogP contribution in [0.15, 0.2) is 4.99 Å². The highest BCUT2D eigenvalue weighted by atomic mass is 32.2. The summed E-state index contributed by atoms with van der Waals surface area (Å²) in [5.41, 5.74) is -1.14. The zero-order valence-corrected chi connectivity index (χ0v) is 19.9. The van der Waals surface area contributed by atoms with E-state index in [0.29, 0.717) is 31.1 Å². The van der Waals surface area contributed by atoms with Gasteiger partial charge in [-0.15, -0.1) is 10.2 Å². The van der Waals surface area contributed by atoms with Gasteiger partial charge in [-0.2, -0.15) is 0 Å². The molecular weight excluding hydrogens is 412 g/mol. The molecule has 164 valence electrons. The molecule has 1 aliphatic rings. The van der Waals surface area contributed by atoms with E-state index in [2.05, 4.69) is 20.5 Å². The van der Waals surface area contributed by atoms with Gasteiger partial charge >= 0.3 is 0 Å². The zero-order valence-electron chi connectivity index (χ0n) is 18.3. The molecule has 1 aromatic rings. The van der Waals surface area contributed by atoms with Gasteiger partial charge in [0.25, 0.3) is 0 Å². The van der Waals surface area contributed by atoms with Crippen LogP contribution in [0.4, 0.5) is 5.13 Å². The van der Waals surface area contributed by atoms with Crippen LogP contribution in [0, 0.1) is 0 Å². The van der Waals surface area contributed by atoms with E-state index in [1.807, 2.05) is 39.6 Å². The van der Waals surface area contributed by atoms with E-state index < -0.39 is 15.6 Å². The third-order valence-electron chi connectivity index (χ3n) is 5.53. The molecule has 0 spiro atoms. The number of nitrogens with zero attached hydrogens (tertiary/aromatic N) is 5. The molecule has 11 heteroatoms. The number of carbonyl (C=O) groups is 1. The molecule has 1 aliphatic heterocycles. The van der Waals surface area contributed by atoms with E-state index in [9.17, 15) is 13.2 Å². The van der Waals surface area contributed by atoms with Crippen LogP contribution in [0.1, 0.15) is 45.5 Å². The quantitative estimate of drug-likeness (QED) is 0.640. The predicted molar refractivity (Wildman–Crippen MR) is 117 cm³/mol. The summed E-state index contributed by atoms with van der Waals surface area (Å²) in [6, 6.07) is 0.124. The van der Waals surface area contributed by atoms with Crippen LogP contribution >= 0.6 is 11.3 Å². The lowest BCUT2D eigenvalue weighted by molar-refractivity contribution is -0.127. The molecule has 1 saturated heterocycles. The van der Waals surface area contributed by atoms with Crippen molar-refractivity contribution in [1.29, 1.82) is 0 Å². The van der Waals surface area contributed by atoms with Gasteiger partial charge in [-0.05, 0) is 47.6 Å². The maximum absolute atomic E-state index is 13.0. The Morgan fingerprint density at radius 2 is 1.86 bits per heavy atom. The van der Waals surface area contributed by atoms with Crippen molar-refractivity contribution in [1.82, 2.24) is 19.4 Å². The Labute approximate surface area is 177 Å². The topological polar surface area (TPSA) is 108 Å². The summed E-state index contributed by atoms with van der Waals surface area (Å²) in [6.45, 7) is 8.65. The SMILES string of the molecule is CN=CC(C)(C)c1nnc(NC(=O)C(C)(C)N(C)C2CCN(S(C)(=O)=O)CC2)s1. The summed E-state index contributed by atoms with van der Waals surface area (Å²) in [5, 5.41) is 12.4. The number of amides is 1. The van der Waals surface area contributed by atoms with Crippen LogP contribution in [0.2, 0.25) is 0 Å². The second-order valence-electron chi connectivity index (χ2n) is 8.54. The first-order chi connectivity index (χ1) is 13.3. The summed E-state index contributed by atoms with van der Waals surface area (Å²) in [6.07, 6.45) is 4.42. The van der Waals surface area contributed by atoms with Crippen molar-refractivity contribution in [3.63, 3.8) is 0 Å². The van der Waals surface area contributed by atoms with E-state index >= 15 is 0 Å². The summed E-state index contributed by atoms with van der Waals surface area (Å²) >= 11 is 1.34. The van der Waals surface area contributed by atoms with Crippen molar-refractivity contribution >= 4 is 38.6 Å². The standard InChI is InChI=1S/C18H32N6O3S2/c1-17(2,12-19-5)15-21-22-16(28-15)20-14(25)18(3,4)23(6)13-8-10-24(11-9-13)29(7,26)27/h12-13H,8-11H2,1-7H3,(H,20,22,25). The molecule has 2 rings (SSSR count). The fourth-order valence-electron chi connectivity index (χ4n) is 3.34. The van der Waals surface area contributed by atoms with Gasteiger partial charge < -0.3 is 0 Å². The molecule has 1 aromatic heterocycles. The molecule has 29 heavy (non-hydrogen) atoms. The van der Waals surface area contributed by atoms with E-state index in [1.165, 1.54) is 21.9 Å². The summed E-state index contributed by atoms with van der Waals surface area (Å²) in [7, 11) is 0.453. The number of piperidine rings is 1. The monoisotopic (exact) mass is 444 g/mol. The number of aliphatic imine (C=N–C) groups is 1. The van der Waals surface area contributed by atoms with Crippen LogP contribution in [-0.2, 0) is 20.2 Å². The van der Waals surface area contributed by atoms with Crippen molar-refractivity contribution in [2.75, 3.05) is 38.8 Å². The van der Waals surface area contributed by atoms with E-state index in [4.69, 9.17) is 0 Å². The van der Waals surface area contributed by atoms with Crippen LogP contribution in [-0.4, -0.2) is 85.0 Å². The number of anilines is 1. The van der Waals surface area contributed by atoms with Gasteiger partial charge in [0.2, 0.25) is 21.1 Å². The first-order valence-electron chi connectivity index (χ1n) is 9.56. The summed E-state index contributed by atoms with van der Waals surface area (Å²) in [5.74, 6) is -0.171. The molecule has 2 heterocycles. The highest BCUT2D eigenvalue weighted by molar-refractivity contribution is 7.88. The van der Waals surface area contributed by atoms with Gasteiger partial charge in [-0.3, -0.25) is 20.0 Å². The lowest BCUT2D eigenvalue weighted by atomic mass is 9.95. The zero-order chi connectivity index (χ0) is 22.0. The average molecular weight is 445 g/mol. The molecule has 9 nitrogen and oxygen atoms in total. The first kappa shape index (κ1) is 23.8. The fraction of sp³-hybridized carbons (Fsp3) is 0.778. The van der Waals surface area contributed by atoms with Crippen molar-refractivity contribution < 1.29 is 13.2 Å². The molecule has 0 aromatic carbocycles. The number of hydrogen-bond acceptors (Lipinski definition) is 8. The molecule has 0 unspecified atom stereocenters. The first-order valence-corrected chi connectivity index (χ1v) is 12.2. The molecule has 0 saturated carbocycles. The largest absolute Gasteiger partial charge is 0.300 e. The highest BCUT2D eigenvalue weighted by Gasteiger charge is 2.39. The van der Waals surface area contributed by atoms with Gasteiger partial charge in [0.1, 0.15) is 5.01 Å². The second-order valence-corrected chi connectivity index (χ2v) is 11.5. The van der Waals surface area contributed by atoms with Gasteiger partial charge in [0.15, 0.2) is 0 Å². The van der Waals surface area contributed by atoms with Gasteiger partial charge in [-0.1, -0.05) is 11.3 Å². The van der Waals surface area contributed by atoms with E-state index in [1.54, 1.807) is 13.3 Å². The Hall–Kier alpha value is -1.43. The Kier molecular flexibility index (Phi) is 7.19. The Morgan fingerprint density at radius 3 is 2.38 bits per heavy atom. The molecular formula is C18H32N6O3S2. The van der Waals surface area contributed by atoms with Crippen molar-refractivity contribution in [3.8, 4) is 0 Å². The fourth-order valence-corrected chi connectivity index (χ4v) is 5.02. The number of sulfonamides is 1. The lowest BCUT2D eigenvalue weighted by Gasteiger charge is -2.43. The molecule has 0 atom stereocenters. The minimum Gasteiger partial charge on any atom is -0.300 e. The van der Waals surface area contributed by atoms with Crippen molar-refractivity contribution in [3.05, 3.63) is 5.01 Å². The summed E-state index contributed by atoms with van der Waals surface area (Å²) in [4.78, 5) is 19.1.